The molecular weight excluding hydrogens is 210 g/mol. The fourth-order valence-corrected chi connectivity index (χ4v) is 1.86. The maximum absolute atomic E-state index is 4.98. The van der Waals surface area contributed by atoms with Crippen LogP contribution in [0.3, 0.4) is 0 Å². The van der Waals surface area contributed by atoms with Crippen LogP contribution in [0.2, 0.25) is 0 Å². The predicted molar refractivity (Wildman–Crippen MR) is 63.4 cm³/mol. The second kappa shape index (κ2) is 7.48. The summed E-state index contributed by atoms with van der Waals surface area (Å²) in [6, 6.07) is 1.97. The second-order valence-electron chi connectivity index (χ2n) is 2.97. The van der Waals surface area contributed by atoms with E-state index in [2.05, 4.69) is 15.3 Å². The number of ether oxygens (including phenoxy) is 1. The molecule has 1 rings (SSSR count). The van der Waals surface area contributed by atoms with Gasteiger partial charge in [0.05, 0.1) is 0 Å². The van der Waals surface area contributed by atoms with Crippen molar-refractivity contribution in [2.45, 2.75) is 18.4 Å². The van der Waals surface area contributed by atoms with Gasteiger partial charge in [0.15, 0.2) is 0 Å². The van der Waals surface area contributed by atoms with Crippen LogP contribution >= 0.6 is 11.8 Å². The maximum Gasteiger partial charge on any atom is 0.130 e. The third-order valence-corrected chi connectivity index (χ3v) is 2.75. The number of rotatable bonds is 7. The molecule has 0 aromatic carbocycles. The van der Waals surface area contributed by atoms with Crippen LogP contribution in [0, 0.1) is 0 Å². The first-order valence-corrected chi connectivity index (χ1v) is 6.03. The molecule has 0 fully saturated rings. The summed E-state index contributed by atoms with van der Waals surface area (Å²) in [4.78, 5) is 8.30. The largest absolute Gasteiger partial charge is 0.385 e. The van der Waals surface area contributed by atoms with Gasteiger partial charge in [-0.3, -0.25) is 0 Å². The first-order valence-electron chi connectivity index (χ1n) is 5.04. The van der Waals surface area contributed by atoms with Crippen LogP contribution in [-0.4, -0.2) is 36.0 Å². The highest BCUT2D eigenvalue weighted by Crippen LogP contribution is 2.17. The minimum absolute atomic E-state index is 0.804. The second-order valence-corrected chi connectivity index (χ2v) is 4.08. The summed E-state index contributed by atoms with van der Waals surface area (Å²) >= 11 is 1.73. The zero-order chi connectivity index (χ0) is 10.9. The van der Waals surface area contributed by atoms with Gasteiger partial charge in [-0.2, -0.15) is 0 Å². The molecule has 0 atom stereocenters. The number of hydrogen-bond acceptors (Lipinski definition) is 5. The van der Waals surface area contributed by atoms with Crippen LogP contribution in [0.15, 0.2) is 17.4 Å². The summed E-state index contributed by atoms with van der Waals surface area (Å²) in [5.74, 6) is 1.91. The van der Waals surface area contributed by atoms with Crippen molar-refractivity contribution in [1.82, 2.24) is 9.97 Å². The molecule has 0 spiro atoms. The molecule has 0 bridgehead atoms. The van der Waals surface area contributed by atoms with Crippen molar-refractivity contribution < 1.29 is 4.74 Å². The van der Waals surface area contributed by atoms with Crippen LogP contribution in [0.25, 0.3) is 0 Å². The molecule has 4 nitrogen and oxygen atoms in total. The molecule has 0 saturated carbocycles. The van der Waals surface area contributed by atoms with Gasteiger partial charge in [-0.25, -0.2) is 9.97 Å². The summed E-state index contributed by atoms with van der Waals surface area (Å²) in [5.41, 5.74) is 0. The molecule has 0 unspecified atom stereocenters. The van der Waals surface area contributed by atoms with Gasteiger partial charge in [0.2, 0.25) is 0 Å². The van der Waals surface area contributed by atoms with Gasteiger partial charge in [-0.05, 0) is 13.3 Å². The van der Waals surface area contributed by atoms with Gasteiger partial charge in [0.25, 0.3) is 0 Å². The van der Waals surface area contributed by atoms with E-state index in [0.29, 0.717) is 0 Å². The van der Waals surface area contributed by atoms with Crippen molar-refractivity contribution in [2.75, 3.05) is 31.3 Å². The monoisotopic (exact) mass is 227 g/mol. The molecule has 0 aliphatic heterocycles. The van der Waals surface area contributed by atoms with Gasteiger partial charge >= 0.3 is 0 Å². The normalized spacial score (nSPS) is 10.3. The summed E-state index contributed by atoms with van der Waals surface area (Å²) < 4.78 is 4.98. The van der Waals surface area contributed by atoms with E-state index in [1.54, 1.807) is 25.2 Å². The molecule has 1 heterocycles. The van der Waals surface area contributed by atoms with E-state index < -0.39 is 0 Å². The molecule has 0 saturated heterocycles. The van der Waals surface area contributed by atoms with Gasteiger partial charge < -0.3 is 10.1 Å². The molecular formula is C10H17N3OS. The Morgan fingerprint density at radius 3 is 3.07 bits per heavy atom. The van der Waals surface area contributed by atoms with E-state index in [1.807, 2.05) is 13.0 Å². The van der Waals surface area contributed by atoms with Crippen LogP contribution < -0.4 is 5.32 Å². The zero-order valence-electron chi connectivity index (χ0n) is 9.19. The maximum atomic E-state index is 4.98. The summed E-state index contributed by atoms with van der Waals surface area (Å²) in [5, 5.41) is 4.17. The highest BCUT2D eigenvalue weighted by molar-refractivity contribution is 7.99. The molecule has 1 aromatic heterocycles. The lowest BCUT2D eigenvalue weighted by Crippen LogP contribution is -1.99. The first kappa shape index (κ1) is 12.3. The Kier molecular flexibility index (Phi) is 6.11. The van der Waals surface area contributed by atoms with E-state index in [-0.39, 0.29) is 0 Å². The number of anilines is 1. The Morgan fingerprint density at radius 2 is 2.33 bits per heavy atom. The van der Waals surface area contributed by atoms with Crippen molar-refractivity contribution in [3.05, 3.63) is 12.4 Å². The van der Waals surface area contributed by atoms with Crippen LogP contribution in [0.4, 0.5) is 5.82 Å². The number of thioether (sulfide) groups is 1. The Labute approximate surface area is 94.8 Å². The third-order valence-electron chi connectivity index (χ3n) is 1.74. The van der Waals surface area contributed by atoms with E-state index >= 15 is 0 Å². The van der Waals surface area contributed by atoms with E-state index in [0.717, 1.165) is 36.2 Å². The van der Waals surface area contributed by atoms with Crippen molar-refractivity contribution in [3.8, 4) is 0 Å². The molecule has 0 amide bonds. The lowest BCUT2D eigenvalue weighted by atomic mass is 10.5. The number of nitrogens with zero attached hydrogens (tertiary/aromatic N) is 2. The third kappa shape index (κ3) is 4.99. The summed E-state index contributed by atoms with van der Waals surface area (Å²) in [6.07, 6.45) is 2.64. The number of aromatic nitrogens is 2. The summed E-state index contributed by atoms with van der Waals surface area (Å²) in [7, 11) is 1.72. The Bertz CT molecular complexity index is 283. The van der Waals surface area contributed by atoms with E-state index in [4.69, 9.17) is 4.74 Å². The molecule has 15 heavy (non-hydrogen) atoms. The topological polar surface area (TPSA) is 47.0 Å². The van der Waals surface area contributed by atoms with Crippen molar-refractivity contribution >= 4 is 17.6 Å². The predicted octanol–water partition coefficient (Wildman–Crippen LogP) is 2.04. The van der Waals surface area contributed by atoms with Crippen molar-refractivity contribution in [3.63, 3.8) is 0 Å². The molecule has 84 valence electrons. The standard InChI is InChI=1S/C10H17N3OS/c1-3-11-9-7-10(13-8-12-9)15-6-4-5-14-2/h7-8H,3-6H2,1-2H3,(H,11,12,13). The highest BCUT2D eigenvalue weighted by Gasteiger charge is 1.98. The first-order chi connectivity index (χ1) is 7.36. The Morgan fingerprint density at radius 1 is 1.47 bits per heavy atom. The van der Waals surface area contributed by atoms with Gasteiger partial charge in [-0.15, -0.1) is 11.8 Å². The minimum Gasteiger partial charge on any atom is -0.385 e. The quantitative estimate of drug-likeness (QED) is 0.439. The van der Waals surface area contributed by atoms with Gasteiger partial charge in [-0.1, -0.05) is 0 Å². The molecule has 0 aliphatic rings. The smallest absolute Gasteiger partial charge is 0.130 e. The van der Waals surface area contributed by atoms with Crippen LogP contribution in [-0.2, 0) is 4.74 Å². The van der Waals surface area contributed by atoms with Gasteiger partial charge in [0.1, 0.15) is 17.2 Å². The van der Waals surface area contributed by atoms with Crippen molar-refractivity contribution in [2.24, 2.45) is 0 Å². The highest BCUT2D eigenvalue weighted by atomic mass is 32.2. The number of hydrogen-bond donors (Lipinski definition) is 1. The number of nitrogens with one attached hydrogen (secondary N) is 1. The van der Waals surface area contributed by atoms with E-state index in [1.165, 1.54) is 0 Å². The van der Waals surface area contributed by atoms with Crippen LogP contribution in [0.5, 0.6) is 0 Å². The molecule has 5 heteroatoms. The Hall–Kier alpha value is -0.810. The van der Waals surface area contributed by atoms with Gasteiger partial charge in [0, 0.05) is 32.1 Å². The minimum atomic E-state index is 0.804. The fraction of sp³-hybridized carbons (Fsp3) is 0.600. The molecule has 1 aromatic rings. The average Bonchev–Trinajstić information content (AvgIpc) is 2.26. The molecule has 1 N–H and O–H groups in total. The fourth-order valence-electron chi connectivity index (χ4n) is 1.08. The average molecular weight is 227 g/mol. The summed E-state index contributed by atoms with van der Waals surface area (Å²) in [6.45, 7) is 3.73. The van der Waals surface area contributed by atoms with E-state index in [9.17, 15) is 0 Å². The zero-order valence-corrected chi connectivity index (χ0v) is 10.0. The lowest BCUT2D eigenvalue weighted by molar-refractivity contribution is 0.200. The molecule has 0 radical (unpaired) electrons. The number of methoxy groups -OCH3 is 1. The van der Waals surface area contributed by atoms with Crippen molar-refractivity contribution in [1.29, 1.82) is 0 Å². The SMILES string of the molecule is CCNc1cc(SCCCOC)ncn1. The van der Waals surface area contributed by atoms with Crippen LogP contribution in [0.1, 0.15) is 13.3 Å². The lowest BCUT2D eigenvalue weighted by Gasteiger charge is -2.04. The Balaban J connectivity index is 2.36. The molecule has 0 aliphatic carbocycles.